The number of fused-ring (bicyclic) bond motifs is 1. The number of carbonyl (C=O) groups excluding carboxylic acids is 1. The van der Waals surface area contributed by atoms with E-state index in [0.717, 1.165) is 43.4 Å². The van der Waals surface area contributed by atoms with Gasteiger partial charge in [-0.05, 0) is 43.7 Å². The number of ether oxygens (including phenoxy) is 2. The molecule has 2 fully saturated rings. The molecule has 27 heavy (non-hydrogen) atoms. The highest BCUT2D eigenvalue weighted by molar-refractivity contribution is 5.89. The van der Waals surface area contributed by atoms with Gasteiger partial charge in [0.15, 0.2) is 11.5 Å². The van der Waals surface area contributed by atoms with Gasteiger partial charge in [0.25, 0.3) is 0 Å². The van der Waals surface area contributed by atoms with Crippen molar-refractivity contribution in [2.24, 2.45) is 5.92 Å². The Morgan fingerprint density at radius 1 is 1.22 bits per heavy atom. The molecule has 1 saturated carbocycles. The van der Waals surface area contributed by atoms with E-state index in [2.05, 4.69) is 21.1 Å². The molecule has 1 N–H and O–H groups in total. The van der Waals surface area contributed by atoms with Crippen LogP contribution in [0.3, 0.4) is 0 Å². The Labute approximate surface area is 158 Å². The highest BCUT2D eigenvalue weighted by Gasteiger charge is 2.29. The molecule has 3 heterocycles. The van der Waals surface area contributed by atoms with Crippen molar-refractivity contribution in [3.05, 3.63) is 36.4 Å². The lowest BCUT2D eigenvalue weighted by Gasteiger charge is -2.32. The number of amides is 2. The number of anilines is 1. The van der Waals surface area contributed by atoms with E-state index in [1.54, 1.807) is 0 Å². The van der Waals surface area contributed by atoms with E-state index in [-0.39, 0.29) is 12.8 Å². The van der Waals surface area contributed by atoms with Gasteiger partial charge in [-0.25, -0.2) is 9.78 Å². The summed E-state index contributed by atoms with van der Waals surface area (Å²) in [7, 11) is 0. The van der Waals surface area contributed by atoms with Gasteiger partial charge in [-0.3, -0.25) is 0 Å². The van der Waals surface area contributed by atoms with E-state index >= 15 is 0 Å². The summed E-state index contributed by atoms with van der Waals surface area (Å²) in [5.74, 6) is 3.63. The Morgan fingerprint density at radius 3 is 3.00 bits per heavy atom. The minimum absolute atomic E-state index is 0.0705. The average molecular weight is 368 g/mol. The maximum absolute atomic E-state index is 12.8. The van der Waals surface area contributed by atoms with Crippen molar-refractivity contribution in [1.82, 2.24) is 14.5 Å². The molecule has 2 aromatic rings. The second-order valence-electron chi connectivity index (χ2n) is 7.66. The topological polar surface area (TPSA) is 68.6 Å². The molecular formula is C20H24N4O3. The number of nitrogens with zero attached hydrogens (tertiary/aromatic N) is 3. The lowest BCUT2D eigenvalue weighted by Crippen LogP contribution is -2.42. The molecule has 2 amide bonds. The van der Waals surface area contributed by atoms with Crippen LogP contribution in [-0.4, -0.2) is 40.4 Å². The number of imidazole rings is 1. The third-order valence-electron chi connectivity index (χ3n) is 5.60. The molecule has 0 bridgehead atoms. The normalized spacial score (nSPS) is 21.3. The van der Waals surface area contributed by atoms with Crippen LogP contribution in [0, 0.1) is 5.92 Å². The quantitative estimate of drug-likeness (QED) is 0.898. The highest BCUT2D eigenvalue weighted by Crippen LogP contribution is 2.35. The van der Waals surface area contributed by atoms with E-state index in [0.29, 0.717) is 24.0 Å². The van der Waals surface area contributed by atoms with Gasteiger partial charge in [0.2, 0.25) is 6.79 Å². The van der Waals surface area contributed by atoms with Gasteiger partial charge in [0, 0.05) is 49.7 Å². The Hall–Kier alpha value is -2.70. The lowest BCUT2D eigenvalue weighted by atomic mass is 9.97. The number of aromatic nitrogens is 2. The average Bonchev–Trinajstić information content (AvgIpc) is 3.17. The zero-order valence-corrected chi connectivity index (χ0v) is 15.3. The van der Waals surface area contributed by atoms with Crippen LogP contribution >= 0.6 is 0 Å². The Balaban J connectivity index is 1.25. The Morgan fingerprint density at radius 2 is 2.11 bits per heavy atom. The van der Waals surface area contributed by atoms with Gasteiger partial charge < -0.3 is 24.3 Å². The van der Waals surface area contributed by atoms with Crippen LogP contribution in [-0.2, 0) is 6.54 Å². The number of urea groups is 1. The van der Waals surface area contributed by atoms with Crippen molar-refractivity contribution >= 4 is 11.7 Å². The van der Waals surface area contributed by atoms with Crippen molar-refractivity contribution in [3.8, 4) is 11.5 Å². The number of benzene rings is 1. The molecule has 1 unspecified atom stereocenters. The molecule has 3 aliphatic rings. The molecule has 1 aliphatic carbocycles. The highest BCUT2D eigenvalue weighted by atomic mass is 16.7. The van der Waals surface area contributed by atoms with Gasteiger partial charge in [0.1, 0.15) is 5.82 Å². The molecule has 7 heteroatoms. The second kappa shape index (κ2) is 6.79. The summed E-state index contributed by atoms with van der Waals surface area (Å²) < 4.78 is 13.0. The number of hydrogen-bond donors (Lipinski definition) is 1. The summed E-state index contributed by atoms with van der Waals surface area (Å²) in [4.78, 5) is 19.3. The molecule has 1 saturated heterocycles. The standard InChI is InChI=1S/C20H24N4O3/c25-20(22-16-5-6-17-18(10-16)27-13-26-17)24-8-1-2-15(12-24)19-21-7-9-23(19)11-14-3-4-14/h5-7,9-10,14-15H,1-4,8,11-13H2,(H,22,25). The predicted molar refractivity (Wildman–Crippen MR) is 100 cm³/mol. The number of carbonyl (C=O) groups is 1. The number of rotatable bonds is 4. The van der Waals surface area contributed by atoms with Gasteiger partial charge in [-0.2, -0.15) is 0 Å². The van der Waals surface area contributed by atoms with Gasteiger partial charge >= 0.3 is 6.03 Å². The number of hydrogen-bond acceptors (Lipinski definition) is 4. The fourth-order valence-corrected chi connectivity index (χ4v) is 3.96. The molecule has 0 radical (unpaired) electrons. The van der Waals surface area contributed by atoms with Crippen molar-refractivity contribution in [2.45, 2.75) is 38.1 Å². The predicted octanol–water partition coefficient (Wildman–Crippen LogP) is 3.43. The largest absolute Gasteiger partial charge is 0.454 e. The minimum atomic E-state index is -0.0705. The van der Waals surface area contributed by atoms with E-state index in [1.807, 2.05) is 29.3 Å². The zero-order valence-electron chi connectivity index (χ0n) is 15.3. The first-order valence-electron chi connectivity index (χ1n) is 9.73. The zero-order chi connectivity index (χ0) is 18.2. The first-order chi connectivity index (χ1) is 13.3. The van der Waals surface area contributed by atoms with Gasteiger partial charge in [-0.15, -0.1) is 0 Å². The fourth-order valence-electron chi connectivity index (χ4n) is 3.96. The number of piperidine rings is 1. The Bertz CT molecular complexity index is 846. The van der Waals surface area contributed by atoms with Crippen molar-refractivity contribution < 1.29 is 14.3 Å². The summed E-state index contributed by atoms with van der Waals surface area (Å²) in [5.41, 5.74) is 0.724. The molecule has 142 valence electrons. The van der Waals surface area contributed by atoms with E-state index in [9.17, 15) is 4.79 Å². The smallest absolute Gasteiger partial charge is 0.321 e. The van der Waals surface area contributed by atoms with Crippen LogP contribution in [0.15, 0.2) is 30.6 Å². The first-order valence-corrected chi connectivity index (χ1v) is 9.73. The molecule has 1 aromatic heterocycles. The summed E-state index contributed by atoms with van der Waals surface area (Å²) in [6.07, 6.45) is 8.70. The number of nitrogens with one attached hydrogen (secondary N) is 1. The van der Waals surface area contributed by atoms with E-state index in [4.69, 9.17) is 9.47 Å². The van der Waals surface area contributed by atoms with E-state index in [1.165, 1.54) is 12.8 Å². The van der Waals surface area contributed by atoms with Crippen LogP contribution in [0.5, 0.6) is 11.5 Å². The molecular weight excluding hydrogens is 344 g/mol. The molecule has 0 spiro atoms. The minimum Gasteiger partial charge on any atom is -0.454 e. The third-order valence-corrected chi connectivity index (χ3v) is 5.60. The summed E-state index contributed by atoms with van der Waals surface area (Å²) in [6.45, 7) is 2.78. The lowest BCUT2D eigenvalue weighted by molar-refractivity contribution is 0.174. The van der Waals surface area contributed by atoms with Crippen molar-refractivity contribution in [2.75, 3.05) is 25.2 Å². The number of likely N-dealkylation sites (tertiary alicyclic amines) is 1. The maximum Gasteiger partial charge on any atom is 0.321 e. The second-order valence-corrected chi connectivity index (χ2v) is 7.66. The van der Waals surface area contributed by atoms with Gasteiger partial charge in [0.05, 0.1) is 0 Å². The van der Waals surface area contributed by atoms with Crippen LogP contribution in [0.4, 0.5) is 10.5 Å². The third kappa shape index (κ3) is 3.46. The molecule has 5 rings (SSSR count). The molecule has 2 aliphatic heterocycles. The van der Waals surface area contributed by atoms with Crippen molar-refractivity contribution in [1.29, 1.82) is 0 Å². The van der Waals surface area contributed by atoms with Crippen LogP contribution in [0.2, 0.25) is 0 Å². The molecule has 7 nitrogen and oxygen atoms in total. The van der Waals surface area contributed by atoms with Crippen LogP contribution < -0.4 is 14.8 Å². The first kappa shape index (κ1) is 16.5. The van der Waals surface area contributed by atoms with E-state index < -0.39 is 0 Å². The maximum atomic E-state index is 12.8. The summed E-state index contributed by atoms with van der Waals surface area (Å²) in [6, 6.07) is 5.41. The fraction of sp³-hybridized carbons (Fsp3) is 0.500. The monoisotopic (exact) mass is 368 g/mol. The molecule has 1 atom stereocenters. The Kier molecular flexibility index (Phi) is 4.14. The van der Waals surface area contributed by atoms with Crippen LogP contribution in [0.1, 0.15) is 37.4 Å². The van der Waals surface area contributed by atoms with Gasteiger partial charge in [-0.1, -0.05) is 0 Å². The molecule has 1 aromatic carbocycles. The van der Waals surface area contributed by atoms with Crippen molar-refractivity contribution in [3.63, 3.8) is 0 Å². The summed E-state index contributed by atoms with van der Waals surface area (Å²) >= 11 is 0. The summed E-state index contributed by atoms with van der Waals surface area (Å²) in [5, 5.41) is 2.99. The van der Waals surface area contributed by atoms with Crippen LogP contribution in [0.25, 0.3) is 0 Å². The SMILES string of the molecule is O=C(Nc1ccc2c(c1)OCO2)N1CCCC(c2nccn2CC2CC2)C1.